The Kier molecular flexibility index (Phi) is 4.48. The molecule has 0 radical (unpaired) electrons. The summed E-state index contributed by atoms with van der Waals surface area (Å²) in [5.41, 5.74) is 8.60. The molecule has 0 saturated carbocycles. The molecule has 2 aromatic carbocycles. The van der Waals surface area contributed by atoms with Crippen LogP contribution in [0.5, 0.6) is 0 Å². The highest BCUT2D eigenvalue weighted by molar-refractivity contribution is 9.11. The topological polar surface area (TPSA) is 43.1 Å². The molecule has 0 unspecified atom stereocenters. The van der Waals surface area contributed by atoms with Crippen LogP contribution in [-0.4, -0.2) is 5.78 Å². The van der Waals surface area contributed by atoms with Crippen molar-refractivity contribution >= 4 is 59.3 Å². The van der Waals surface area contributed by atoms with Crippen LogP contribution in [0.1, 0.15) is 21.5 Å². The van der Waals surface area contributed by atoms with Gasteiger partial charge in [0.25, 0.3) is 0 Å². The molecule has 98 valence electrons. The molecule has 2 rings (SSSR count). The van der Waals surface area contributed by atoms with Gasteiger partial charge in [-0.3, -0.25) is 4.79 Å². The van der Waals surface area contributed by atoms with Crippen molar-refractivity contribution in [1.82, 2.24) is 0 Å². The Morgan fingerprint density at radius 1 is 1.00 bits per heavy atom. The molecule has 0 bridgehead atoms. The summed E-state index contributed by atoms with van der Waals surface area (Å²) in [5.74, 6) is -0.0632. The number of ketones is 1. The van der Waals surface area contributed by atoms with Gasteiger partial charge in [-0.1, -0.05) is 31.9 Å². The van der Waals surface area contributed by atoms with E-state index in [0.717, 1.165) is 19.0 Å². The maximum absolute atomic E-state index is 12.5. The van der Waals surface area contributed by atoms with Gasteiger partial charge in [0, 0.05) is 30.2 Å². The molecule has 0 amide bonds. The van der Waals surface area contributed by atoms with Crippen molar-refractivity contribution in [3.8, 4) is 0 Å². The van der Waals surface area contributed by atoms with Gasteiger partial charge >= 0.3 is 0 Å². The van der Waals surface area contributed by atoms with Crippen LogP contribution in [0.3, 0.4) is 0 Å². The third kappa shape index (κ3) is 3.09. The molecule has 19 heavy (non-hydrogen) atoms. The van der Waals surface area contributed by atoms with Crippen LogP contribution in [0.4, 0.5) is 5.69 Å². The van der Waals surface area contributed by atoms with Crippen LogP contribution in [0.15, 0.2) is 43.7 Å². The second kappa shape index (κ2) is 5.77. The van der Waals surface area contributed by atoms with Crippen molar-refractivity contribution < 1.29 is 4.79 Å². The molecule has 0 aliphatic rings. The van der Waals surface area contributed by atoms with Crippen molar-refractivity contribution in [2.45, 2.75) is 6.92 Å². The first-order chi connectivity index (χ1) is 8.90. The van der Waals surface area contributed by atoms with Crippen molar-refractivity contribution in [2.75, 3.05) is 5.73 Å². The van der Waals surface area contributed by atoms with Crippen molar-refractivity contribution in [1.29, 1.82) is 0 Å². The average molecular weight is 448 g/mol. The first-order valence-corrected chi connectivity index (χ1v) is 7.83. The minimum Gasteiger partial charge on any atom is -0.398 e. The van der Waals surface area contributed by atoms with Crippen LogP contribution in [0.2, 0.25) is 0 Å². The summed E-state index contributed by atoms with van der Waals surface area (Å²) in [7, 11) is 0. The normalized spacial score (nSPS) is 10.5. The summed E-state index contributed by atoms with van der Waals surface area (Å²) in [5, 5.41) is 0. The molecule has 0 aromatic heterocycles. The number of halogens is 3. The lowest BCUT2D eigenvalue weighted by Crippen LogP contribution is -2.04. The predicted octanol–water partition coefficient (Wildman–Crippen LogP) is 5.10. The zero-order valence-electron chi connectivity index (χ0n) is 10.0. The zero-order chi connectivity index (χ0) is 14.2. The third-order valence-electron chi connectivity index (χ3n) is 2.75. The van der Waals surface area contributed by atoms with Crippen molar-refractivity contribution in [3.05, 3.63) is 60.4 Å². The maximum Gasteiger partial charge on any atom is 0.194 e. The Bertz CT molecular complexity index is 668. The van der Waals surface area contributed by atoms with Crippen LogP contribution in [0.25, 0.3) is 0 Å². The molecule has 0 fully saturated rings. The van der Waals surface area contributed by atoms with Gasteiger partial charge in [0.15, 0.2) is 5.78 Å². The molecule has 2 nitrogen and oxygen atoms in total. The van der Waals surface area contributed by atoms with E-state index in [4.69, 9.17) is 5.73 Å². The van der Waals surface area contributed by atoms with E-state index in [1.54, 1.807) is 18.2 Å². The van der Waals surface area contributed by atoms with Gasteiger partial charge in [0.2, 0.25) is 0 Å². The standard InChI is InChI=1S/C14H10Br3NO/c1-7-4-12(17)9(6-11(7)16)14(19)8-2-3-10(15)13(18)5-8/h2-6H,18H2,1H3. The van der Waals surface area contributed by atoms with Crippen LogP contribution >= 0.6 is 47.8 Å². The molecule has 0 heterocycles. The van der Waals surface area contributed by atoms with Crippen LogP contribution < -0.4 is 5.73 Å². The van der Waals surface area contributed by atoms with Gasteiger partial charge in [-0.15, -0.1) is 0 Å². The zero-order valence-corrected chi connectivity index (χ0v) is 14.8. The number of hydrogen-bond acceptors (Lipinski definition) is 2. The van der Waals surface area contributed by atoms with Crippen LogP contribution in [0, 0.1) is 6.92 Å². The summed E-state index contributed by atoms with van der Waals surface area (Å²) in [6.07, 6.45) is 0. The highest BCUT2D eigenvalue weighted by Gasteiger charge is 2.15. The molecule has 5 heteroatoms. The highest BCUT2D eigenvalue weighted by atomic mass is 79.9. The number of rotatable bonds is 2. The minimum atomic E-state index is -0.0632. The number of nitrogen functional groups attached to an aromatic ring is 1. The summed E-state index contributed by atoms with van der Waals surface area (Å²) >= 11 is 10.2. The van der Waals surface area contributed by atoms with E-state index in [-0.39, 0.29) is 5.78 Å². The fraction of sp³-hybridized carbons (Fsp3) is 0.0714. The molecule has 0 aliphatic heterocycles. The lowest BCUT2D eigenvalue weighted by molar-refractivity contribution is 0.103. The molecular weight excluding hydrogens is 438 g/mol. The van der Waals surface area contributed by atoms with E-state index in [1.807, 2.05) is 19.1 Å². The Morgan fingerprint density at radius 3 is 2.32 bits per heavy atom. The van der Waals surface area contributed by atoms with Crippen LogP contribution in [-0.2, 0) is 0 Å². The fourth-order valence-corrected chi connectivity index (χ4v) is 2.89. The number of nitrogens with two attached hydrogens (primary N) is 1. The fourth-order valence-electron chi connectivity index (χ4n) is 1.66. The second-order valence-corrected chi connectivity index (χ2v) is 6.71. The van der Waals surface area contributed by atoms with Gasteiger partial charge in [0.05, 0.1) is 0 Å². The summed E-state index contributed by atoms with van der Waals surface area (Å²) in [4.78, 5) is 12.5. The molecule has 0 spiro atoms. The first kappa shape index (κ1) is 14.8. The molecule has 2 N–H and O–H groups in total. The molecular formula is C14H10Br3NO. The summed E-state index contributed by atoms with van der Waals surface area (Å²) in [6.45, 7) is 1.97. The Balaban J connectivity index is 2.49. The van der Waals surface area contributed by atoms with Crippen molar-refractivity contribution in [2.24, 2.45) is 0 Å². The number of anilines is 1. The molecule has 2 aromatic rings. The lowest BCUT2D eigenvalue weighted by Gasteiger charge is -2.08. The number of aryl methyl sites for hydroxylation is 1. The number of carbonyl (C=O) groups is 1. The quantitative estimate of drug-likeness (QED) is 0.514. The highest BCUT2D eigenvalue weighted by Crippen LogP contribution is 2.28. The molecule has 0 aliphatic carbocycles. The summed E-state index contributed by atoms with van der Waals surface area (Å²) in [6, 6.07) is 8.94. The minimum absolute atomic E-state index is 0.0632. The Hall–Kier alpha value is -0.650. The smallest absolute Gasteiger partial charge is 0.194 e. The average Bonchev–Trinajstić information content (AvgIpc) is 2.36. The van der Waals surface area contributed by atoms with E-state index >= 15 is 0 Å². The van der Waals surface area contributed by atoms with E-state index in [2.05, 4.69) is 47.8 Å². The van der Waals surface area contributed by atoms with E-state index < -0.39 is 0 Å². The SMILES string of the molecule is Cc1cc(Br)c(C(=O)c2ccc(Br)c(N)c2)cc1Br. The van der Waals surface area contributed by atoms with Gasteiger partial charge < -0.3 is 5.73 Å². The Labute approximate surface area is 136 Å². The van der Waals surface area contributed by atoms with Gasteiger partial charge in [-0.05, 0) is 58.7 Å². The predicted molar refractivity (Wildman–Crippen MR) is 88.6 cm³/mol. The summed E-state index contributed by atoms with van der Waals surface area (Å²) < 4.78 is 2.47. The van der Waals surface area contributed by atoms with Gasteiger partial charge in [-0.2, -0.15) is 0 Å². The maximum atomic E-state index is 12.5. The van der Waals surface area contributed by atoms with Gasteiger partial charge in [0.1, 0.15) is 0 Å². The lowest BCUT2D eigenvalue weighted by atomic mass is 10.0. The Morgan fingerprint density at radius 2 is 1.68 bits per heavy atom. The number of benzene rings is 2. The number of carbonyl (C=O) groups excluding carboxylic acids is 1. The molecule has 0 saturated heterocycles. The number of hydrogen-bond donors (Lipinski definition) is 1. The largest absolute Gasteiger partial charge is 0.398 e. The van der Waals surface area contributed by atoms with Gasteiger partial charge in [-0.25, -0.2) is 0 Å². The monoisotopic (exact) mass is 445 g/mol. The van der Waals surface area contributed by atoms with E-state index in [1.165, 1.54) is 0 Å². The first-order valence-electron chi connectivity index (χ1n) is 5.45. The van der Waals surface area contributed by atoms with E-state index in [0.29, 0.717) is 16.8 Å². The third-order valence-corrected chi connectivity index (χ3v) is 4.98. The second-order valence-electron chi connectivity index (χ2n) is 4.15. The van der Waals surface area contributed by atoms with E-state index in [9.17, 15) is 4.79 Å². The molecule has 0 atom stereocenters. The van der Waals surface area contributed by atoms with Crippen molar-refractivity contribution in [3.63, 3.8) is 0 Å².